The van der Waals surface area contributed by atoms with E-state index in [9.17, 15) is 19.8 Å². The number of hydrogen-bond donors (Lipinski definition) is 4. The number of aliphatic hydroxyl groups excluding tert-OH is 1. The SMILES string of the molecule is C[C@H]1[C@@H](CSc2ncccc2C(=O)O)O[C@@H](c2ccc(-c3cccc(CNC(=O)NCc4ccccc4)c3)cc2)O[C@H]1c1ccc(CO)cc1. The summed E-state index contributed by atoms with van der Waals surface area (Å²) in [6, 6.07) is 36.5. The van der Waals surface area contributed by atoms with Gasteiger partial charge in [0.15, 0.2) is 6.29 Å². The molecule has 1 aromatic heterocycles. The maximum Gasteiger partial charge on any atom is 0.338 e. The third-order valence-corrected chi connectivity index (χ3v) is 9.80. The molecule has 0 radical (unpaired) electrons. The average Bonchev–Trinajstić information content (AvgIpc) is 3.16. The van der Waals surface area contributed by atoms with E-state index < -0.39 is 12.3 Å². The van der Waals surface area contributed by atoms with Gasteiger partial charge in [0.25, 0.3) is 0 Å². The molecule has 4 aromatic carbocycles. The fraction of sp³-hybridized carbons (Fsp3) is 0.225. The summed E-state index contributed by atoms with van der Waals surface area (Å²) in [6.45, 7) is 2.87. The van der Waals surface area contributed by atoms with Crippen LogP contribution in [0.2, 0.25) is 0 Å². The number of urea groups is 1. The van der Waals surface area contributed by atoms with Crippen LogP contribution in [0.25, 0.3) is 11.1 Å². The van der Waals surface area contributed by atoms with Crippen LogP contribution >= 0.6 is 11.8 Å². The van der Waals surface area contributed by atoms with E-state index >= 15 is 0 Å². The highest BCUT2D eigenvalue weighted by Gasteiger charge is 2.38. The fourth-order valence-corrected chi connectivity index (χ4v) is 7.01. The number of aliphatic hydroxyl groups is 1. The van der Waals surface area contributed by atoms with Gasteiger partial charge in [-0.05, 0) is 51.6 Å². The number of carbonyl (C=O) groups excluding carboxylic acids is 1. The zero-order valence-corrected chi connectivity index (χ0v) is 28.4. The van der Waals surface area contributed by atoms with E-state index in [1.807, 2.05) is 97.1 Å². The van der Waals surface area contributed by atoms with Crippen molar-refractivity contribution < 1.29 is 29.3 Å². The molecule has 0 bridgehead atoms. The maximum absolute atomic E-state index is 12.4. The van der Waals surface area contributed by atoms with Crippen LogP contribution in [-0.4, -0.2) is 39.1 Å². The summed E-state index contributed by atoms with van der Waals surface area (Å²) in [6.07, 6.45) is 0.345. The molecule has 50 heavy (non-hydrogen) atoms. The largest absolute Gasteiger partial charge is 0.478 e. The van der Waals surface area contributed by atoms with Crippen molar-refractivity contribution in [3.63, 3.8) is 0 Å². The van der Waals surface area contributed by atoms with E-state index in [1.165, 1.54) is 11.8 Å². The topological polar surface area (TPSA) is 130 Å². The van der Waals surface area contributed by atoms with Crippen LogP contribution in [0.4, 0.5) is 4.79 Å². The van der Waals surface area contributed by atoms with Crippen molar-refractivity contribution in [2.45, 2.75) is 50.1 Å². The monoisotopic (exact) mass is 689 g/mol. The van der Waals surface area contributed by atoms with Gasteiger partial charge in [0.1, 0.15) is 5.03 Å². The molecule has 1 aliphatic rings. The number of ether oxygens (including phenoxy) is 2. The molecule has 1 saturated heterocycles. The van der Waals surface area contributed by atoms with Crippen LogP contribution in [0.5, 0.6) is 0 Å². The van der Waals surface area contributed by atoms with Crippen LogP contribution in [-0.2, 0) is 29.2 Å². The van der Waals surface area contributed by atoms with Crippen LogP contribution in [0, 0.1) is 5.92 Å². The predicted molar refractivity (Wildman–Crippen MR) is 192 cm³/mol. The minimum atomic E-state index is -1.02. The summed E-state index contributed by atoms with van der Waals surface area (Å²) < 4.78 is 13.2. The Hall–Kier alpha value is -5.00. The molecule has 4 N–H and O–H groups in total. The zero-order valence-electron chi connectivity index (χ0n) is 27.6. The van der Waals surface area contributed by atoms with Crippen LogP contribution in [0.1, 0.15) is 57.5 Å². The molecule has 1 fully saturated rings. The summed E-state index contributed by atoms with van der Waals surface area (Å²) in [5.74, 6) is -0.605. The molecule has 4 atom stereocenters. The quantitative estimate of drug-likeness (QED) is 0.0991. The molecule has 2 heterocycles. The standard InChI is InChI=1S/C40H39N3O6S/c1-26-35(25-50-37-34(38(45)46)11-6-20-41-37)48-39(49-36(26)31-14-12-28(24-44)13-15-31)32-18-16-30(17-19-32)33-10-5-9-29(21-33)23-43-40(47)42-22-27-7-3-2-4-8-27/h2-21,26,35-36,39,44H,22-25H2,1H3,(H,45,46)(H2,42,43,47)/t26-,35+,36+,39+/m0/s1. The number of aromatic nitrogens is 1. The molecule has 10 heteroatoms. The van der Waals surface area contributed by atoms with E-state index in [0.717, 1.165) is 38.9 Å². The Bertz CT molecular complexity index is 1890. The molecule has 0 aliphatic carbocycles. The van der Waals surface area contributed by atoms with E-state index in [1.54, 1.807) is 18.3 Å². The third kappa shape index (κ3) is 8.77. The number of hydrogen-bond acceptors (Lipinski definition) is 7. The number of nitrogens with one attached hydrogen (secondary N) is 2. The maximum atomic E-state index is 12.4. The Morgan fingerprint density at radius 1 is 0.760 bits per heavy atom. The highest BCUT2D eigenvalue weighted by molar-refractivity contribution is 7.99. The highest BCUT2D eigenvalue weighted by Crippen LogP contribution is 2.43. The van der Waals surface area contributed by atoms with Gasteiger partial charge in [-0.3, -0.25) is 0 Å². The second-order valence-corrected chi connectivity index (χ2v) is 13.1. The molecular formula is C40H39N3O6S. The average molecular weight is 690 g/mol. The van der Waals surface area contributed by atoms with Crippen molar-refractivity contribution >= 4 is 23.8 Å². The van der Waals surface area contributed by atoms with Crippen molar-refractivity contribution in [3.05, 3.63) is 155 Å². The Labute approximate surface area is 295 Å². The minimum absolute atomic E-state index is 0.0435. The lowest BCUT2D eigenvalue weighted by Crippen LogP contribution is -2.38. The highest BCUT2D eigenvalue weighted by atomic mass is 32.2. The molecule has 256 valence electrons. The number of nitrogens with zero attached hydrogens (tertiary/aromatic N) is 1. The van der Waals surface area contributed by atoms with E-state index in [-0.39, 0.29) is 36.3 Å². The Morgan fingerprint density at radius 2 is 1.46 bits per heavy atom. The molecule has 6 rings (SSSR count). The molecule has 0 spiro atoms. The van der Waals surface area contributed by atoms with Gasteiger partial charge >= 0.3 is 12.0 Å². The Balaban J connectivity index is 1.15. The third-order valence-electron chi connectivity index (χ3n) is 8.70. The first-order chi connectivity index (χ1) is 24.4. The summed E-state index contributed by atoms with van der Waals surface area (Å²) in [5.41, 5.74) is 6.83. The number of aromatic carboxylic acids is 1. The van der Waals surface area contributed by atoms with Crippen LogP contribution in [0.3, 0.4) is 0 Å². The smallest absolute Gasteiger partial charge is 0.338 e. The molecule has 2 amide bonds. The molecule has 5 aromatic rings. The van der Waals surface area contributed by atoms with E-state index in [0.29, 0.717) is 23.9 Å². The fourth-order valence-electron chi connectivity index (χ4n) is 5.86. The summed E-state index contributed by atoms with van der Waals surface area (Å²) in [4.78, 5) is 28.5. The predicted octanol–water partition coefficient (Wildman–Crippen LogP) is 7.52. The van der Waals surface area contributed by atoms with Gasteiger partial charge in [-0.15, -0.1) is 11.8 Å². The molecular weight excluding hydrogens is 651 g/mol. The lowest BCUT2D eigenvalue weighted by molar-refractivity contribution is -0.268. The molecule has 0 saturated carbocycles. The molecule has 9 nitrogen and oxygen atoms in total. The molecule has 0 unspecified atom stereocenters. The summed E-state index contributed by atoms with van der Waals surface area (Å²) >= 11 is 1.36. The van der Waals surface area contributed by atoms with Gasteiger partial charge in [0.05, 0.1) is 24.4 Å². The minimum Gasteiger partial charge on any atom is -0.478 e. The Kier molecular flexibility index (Phi) is 11.6. The van der Waals surface area contributed by atoms with Crippen molar-refractivity contribution in [2.24, 2.45) is 5.92 Å². The van der Waals surface area contributed by atoms with Gasteiger partial charge in [0.2, 0.25) is 0 Å². The second kappa shape index (κ2) is 16.6. The van der Waals surface area contributed by atoms with Gasteiger partial charge in [-0.1, -0.05) is 104 Å². The van der Waals surface area contributed by atoms with Gasteiger partial charge < -0.3 is 30.3 Å². The summed E-state index contributed by atoms with van der Waals surface area (Å²) in [7, 11) is 0. The van der Waals surface area contributed by atoms with E-state index in [2.05, 4.69) is 28.6 Å². The number of amides is 2. The normalized spacial score (nSPS) is 18.7. The van der Waals surface area contributed by atoms with Gasteiger partial charge in [-0.2, -0.15) is 0 Å². The molecule has 1 aliphatic heterocycles. The van der Waals surface area contributed by atoms with Crippen LogP contribution in [0.15, 0.2) is 126 Å². The number of carboxylic acid groups (broad SMARTS) is 1. The second-order valence-electron chi connectivity index (χ2n) is 12.1. The zero-order chi connectivity index (χ0) is 34.9. The lowest BCUT2D eigenvalue weighted by Gasteiger charge is -2.41. The first-order valence-corrected chi connectivity index (χ1v) is 17.4. The number of pyridine rings is 1. The van der Waals surface area contributed by atoms with Crippen LogP contribution < -0.4 is 10.6 Å². The number of carboxylic acids is 1. The first kappa shape index (κ1) is 34.8. The van der Waals surface area contributed by atoms with Crippen molar-refractivity contribution in [2.75, 3.05) is 5.75 Å². The van der Waals surface area contributed by atoms with E-state index in [4.69, 9.17) is 9.47 Å². The number of thioether (sulfide) groups is 1. The van der Waals surface area contributed by atoms with Crippen molar-refractivity contribution in [1.82, 2.24) is 15.6 Å². The van der Waals surface area contributed by atoms with Crippen molar-refractivity contribution in [1.29, 1.82) is 0 Å². The number of carbonyl (C=O) groups is 2. The van der Waals surface area contributed by atoms with Gasteiger partial charge in [0, 0.05) is 36.5 Å². The van der Waals surface area contributed by atoms with Crippen molar-refractivity contribution in [3.8, 4) is 11.1 Å². The number of rotatable bonds is 12. The Morgan fingerprint density at radius 3 is 2.18 bits per heavy atom. The van der Waals surface area contributed by atoms with Gasteiger partial charge in [-0.25, -0.2) is 14.6 Å². The summed E-state index contributed by atoms with van der Waals surface area (Å²) in [5, 5.41) is 25.5. The lowest BCUT2D eigenvalue weighted by atomic mass is 9.91. The first-order valence-electron chi connectivity index (χ1n) is 16.4. The number of benzene rings is 4.